The minimum atomic E-state index is -0.598. The van der Waals surface area contributed by atoms with Gasteiger partial charge in [0.2, 0.25) is 0 Å². The maximum absolute atomic E-state index is 12.7. The molecule has 0 amide bonds. The van der Waals surface area contributed by atoms with E-state index >= 15 is 0 Å². The van der Waals surface area contributed by atoms with Gasteiger partial charge in [0.1, 0.15) is 6.10 Å². The first-order valence-electron chi connectivity index (χ1n) is 12.4. The number of ether oxygens (including phenoxy) is 4. The lowest BCUT2D eigenvalue weighted by Gasteiger charge is -2.19. The average Bonchev–Trinajstić information content (AvgIpc) is 3.45. The number of carbonyl (C=O) groups is 1. The smallest absolute Gasteiger partial charge is 0.309 e. The van der Waals surface area contributed by atoms with Crippen molar-refractivity contribution in [3.63, 3.8) is 0 Å². The van der Waals surface area contributed by atoms with Gasteiger partial charge >= 0.3 is 5.97 Å². The van der Waals surface area contributed by atoms with Crippen LogP contribution in [0.25, 0.3) is 0 Å². The summed E-state index contributed by atoms with van der Waals surface area (Å²) in [7, 11) is 2.93. The fourth-order valence-electron chi connectivity index (χ4n) is 5.42. The molecule has 4 unspecified atom stereocenters. The number of hydrogen-bond acceptors (Lipinski definition) is 9. The number of methoxy groups -OCH3 is 2. The fourth-order valence-corrected chi connectivity index (χ4v) is 5.42. The summed E-state index contributed by atoms with van der Waals surface area (Å²) in [4.78, 5) is 12.7. The number of cyclic esters (lactones) is 1. The van der Waals surface area contributed by atoms with E-state index < -0.39 is 17.9 Å². The van der Waals surface area contributed by atoms with Crippen LogP contribution in [0, 0.1) is 11.8 Å². The Morgan fingerprint density at radius 1 is 0.842 bits per heavy atom. The second-order valence-electron chi connectivity index (χ2n) is 9.70. The highest BCUT2D eigenvalue weighted by Gasteiger charge is 2.40. The zero-order valence-corrected chi connectivity index (χ0v) is 21.1. The molecule has 9 nitrogen and oxygen atoms in total. The van der Waals surface area contributed by atoms with E-state index in [1.807, 2.05) is 6.07 Å². The van der Waals surface area contributed by atoms with Crippen molar-refractivity contribution in [2.24, 2.45) is 11.8 Å². The first kappa shape index (κ1) is 25.5. The van der Waals surface area contributed by atoms with Gasteiger partial charge in [-0.05, 0) is 59.9 Å². The number of esters is 1. The van der Waals surface area contributed by atoms with Crippen LogP contribution in [0.3, 0.4) is 0 Å². The highest BCUT2D eigenvalue weighted by Crippen LogP contribution is 2.51. The van der Waals surface area contributed by atoms with Gasteiger partial charge in [-0.1, -0.05) is 18.2 Å². The zero-order valence-electron chi connectivity index (χ0n) is 21.1. The Labute approximate surface area is 219 Å². The van der Waals surface area contributed by atoms with E-state index in [0.717, 1.165) is 11.1 Å². The highest BCUT2D eigenvalue weighted by atomic mass is 16.5. The van der Waals surface area contributed by atoms with Crippen LogP contribution in [0.4, 0.5) is 0 Å². The number of fused-ring (bicyclic) bond motifs is 1. The van der Waals surface area contributed by atoms with Gasteiger partial charge in [0.05, 0.1) is 39.3 Å². The predicted octanol–water partition coefficient (Wildman–Crippen LogP) is 3.60. The number of benzene rings is 3. The largest absolute Gasteiger partial charge is 0.504 e. The molecule has 38 heavy (non-hydrogen) atoms. The second kappa shape index (κ2) is 10.3. The molecule has 0 radical (unpaired) electrons. The molecule has 1 fully saturated rings. The van der Waals surface area contributed by atoms with Gasteiger partial charge in [-0.3, -0.25) is 4.79 Å². The molecule has 5 rings (SSSR count). The summed E-state index contributed by atoms with van der Waals surface area (Å²) in [6.45, 7) is 0.0390. The molecule has 200 valence electrons. The van der Waals surface area contributed by atoms with Crippen molar-refractivity contribution in [3.05, 3.63) is 70.8 Å². The highest BCUT2D eigenvalue weighted by molar-refractivity contribution is 5.75. The van der Waals surface area contributed by atoms with Crippen LogP contribution in [-0.2, 0) is 22.4 Å². The molecule has 3 aromatic rings. The zero-order chi connectivity index (χ0) is 27.0. The summed E-state index contributed by atoms with van der Waals surface area (Å²) in [5.41, 5.74) is 2.96. The molecule has 0 aromatic heterocycles. The van der Waals surface area contributed by atoms with Crippen LogP contribution in [0.2, 0.25) is 0 Å². The maximum atomic E-state index is 12.7. The molecule has 0 aliphatic carbocycles. The van der Waals surface area contributed by atoms with Gasteiger partial charge in [0.25, 0.3) is 0 Å². The monoisotopic (exact) mass is 522 g/mol. The molecule has 0 spiro atoms. The number of aliphatic hydroxyl groups excluding tert-OH is 1. The Bertz CT molecular complexity index is 1350. The Morgan fingerprint density at radius 2 is 1.55 bits per heavy atom. The van der Waals surface area contributed by atoms with Crippen LogP contribution >= 0.6 is 0 Å². The first-order valence-corrected chi connectivity index (χ1v) is 12.4. The van der Waals surface area contributed by atoms with Crippen molar-refractivity contribution in [1.82, 2.24) is 0 Å². The third kappa shape index (κ3) is 4.65. The second-order valence-corrected chi connectivity index (χ2v) is 9.70. The quantitative estimate of drug-likeness (QED) is 0.327. The van der Waals surface area contributed by atoms with Crippen molar-refractivity contribution in [3.8, 4) is 34.5 Å². The molecule has 0 bridgehead atoms. The topological polar surface area (TPSA) is 135 Å². The molecule has 9 heteroatoms. The van der Waals surface area contributed by atoms with Crippen LogP contribution in [0.15, 0.2) is 48.5 Å². The van der Waals surface area contributed by atoms with Crippen molar-refractivity contribution in [1.29, 1.82) is 0 Å². The minimum Gasteiger partial charge on any atom is -0.504 e. The van der Waals surface area contributed by atoms with E-state index in [2.05, 4.69) is 0 Å². The van der Waals surface area contributed by atoms with Crippen molar-refractivity contribution < 1.29 is 44.2 Å². The Balaban J connectivity index is 1.39. The summed E-state index contributed by atoms with van der Waals surface area (Å²) in [5, 5.41) is 40.9. The molecule has 2 aliphatic heterocycles. The van der Waals surface area contributed by atoms with Gasteiger partial charge < -0.3 is 39.4 Å². The molecular formula is C29H30O9. The lowest BCUT2D eigenvalue weighted by Crippen LogP contribution is -2.21. The number of carbonyl (C=O) groups excluding carboxylic acids is 1. The summed E-state index contributed by atoms with van der Waals surface area (Å²) >= 11 is 0. The summed E-state index contributed by atoms with van der Waals surface area (Å²) in [6.07, 6.45) is 0.297. The summed E-state index contributed by atoms with van der Waals surface area (Å²) in [5.74, 6) is -0.420. The predicted molar refractivity (Wildman–Crippen MR) is 136 cm³/mol. The third-order valence-electron chi connectivity index (χ3n) is 7.41. The maximum Gasteiger partial charge on any atom is 0.309 e. The average molecular weight is 523 g/mol. The van der Waals surface area contributed by atoms with E-state index in [1.54, 1.807) is 36.4 Å². The third-order valence-corrected chi connectivity index (χ3v) is 7.41. The van der Waals surface area contributed by atoms with E-state index in [0.29, 0.717) is 29.7 Å². The molecule has 1 saturated heterocycles. The van der Waals surface area contributed by atoms with Gasteiger partial charge in [0, 0.05) is 11.5 Å². The fraction of sp³-hybridized carbons (Fsp3) is 0.345. The van der Waals surface area contributed by atoms with Crippen molar-refractivity contribution >= 4 is 5.97 Å². The van der Waals surface area contributed by atoms with E-state index in [-0.39, 0.29) is 53.8 Å². The summed E-state index contributed by atoms with van der Waals surface area (Å²) < 4.78 is 21.9. The van der Waals surface area contributed by atoms with Crippen molar-refractivity contribution in [2.75, 3.05) is 27.4 Å². The number of rotatable bonds is 8. The number of phenolic OH excluding ortho intramolecular Hbond substituents is 3. The molecule has 2 heterocycles. The van der Waals surface area contributed by atoms with Gasteiger partial charge in [-0.25, -0.2) is 0 Å². The van der Waals surface area contributed by atoms with Crippen molar-refractivity contribution in [2.45, 2.75) is 24.9 Å². The Hall–Kier alpha value is -4.11. The molecule has 3 aromatic carbocycles. The van der Waals surface area contributed by atoms with Crippen LogP contribution in [-0.4, -0.2) is 53.8 Å². The van der Waals surface area contributed by atoms with Crippen LogP contribution in [0.1, 0.15) is 34.3 Å². The number of hydrogen-bond donors (Lipinski definition) is 4. The summed E-state index contributed by atoms with van der Waals surface area (Å²) in [6, 6.07) is 13.4. The lowest BCUT2D eigenvalue weighted by molar-refractivity contribution is -0.141. The minimum absolute atomic E-state index is 0.0128. The van der Waals surface area contributed by atoms with Gasteiger partial charge in [-0.15, -0.1) is 0 Å². The Morgan fingerprint density at radius 3 is 2.26 bits per heavy atom. The Kier molecular flexibility index (Phi) is 6.94. The molecular weight excluding hydrogens is 492 g/mol. The van der Waals surface area contributed by atoms with Crippen LogP contribution < -0.4 is 14.2 Å². The number of phenols is 3. The lowest BCUT2D eigenvalue weighted by atomic mass is 9.83. The molecule has 4 atom stereocenters. The molecule has 2 aliphatic rings. The number of aliphatic hydroxyl groups is 1. The SMILES string of the molecule is COc1cc(CC2COC(=O)C2Cc2cc(O)c3c(c2)C(CO)C(c2ccc(O)c(OC)c2)O3)ccc1O. The standard InChI is InChI=1S/C29H30O9/c1-35-25-11-15(3-5-22(25)31)7-18-14-37-29(34)19(18)8-16-9-20-21(13-30)27(38-28(20)24(33)10-16)17-4-6-23(32)26(12-17)36-2/h3-6,9-12,18-19,21,27,30-33H,7-8,13-14H2,1-2H3. The van der Waals surface area contributed by atoms with E-state index in [4.69, 9.17) is 18.9 Å². The molecule has 4 N–H and O–H groups in total. The number of aromatic hydroxyl groups is 3. The van der Waals surface area contributed by atoms with Crippen LogP contribution in [0.5, 0.6) is 34.5 Å². The normalized spacial score (nSPS) is 22.0. The van der Waals surface area contributed by atoms with E-state index in [1.165, 1.54) is 20.3 Å². The van der Waals surface area contributed by atoms with E-state index in [9.17, 15) is 25.2 Å². The van der Waals surface area contributed by atoms with Gasteiger partial charge in [-0.2, -0.15) is 0 Å². The first-order chi connectivity index (χ1) is 18.3. The molecule has 0 saturated carbocycles. The van der Waals surface area contributed by atoms with Gasteiger partial charge in [0.15, 0.2) is 34.5 Å².